The zero-order valence-corrected chi connectivity index (χ0v) is 13.1. The van der Waals surface area contributed by atoms with Crippen LogP contribution in [0.1, 0.15) is 31.2 Å². The van der Waals surface area contributed by atoms with E-state index in [0.29, 0.717) is 12.3 Å². The molecule has 21 heavy (non-hydrogen) atoms. The van der Waals surface area contributed by atoms with Gasteiger partial charge in [0.1, 0.15) is 0 Å². The molecule has 3 rings (SSSR count). The van der Waals surface area contributed by atoms with Crippen molar-refractivity contribution in [3.8, 4) is 0 Å². The summed E-state index contributed by atoms with van der Waals surface area (Å²) >= 11 is 0. The number of hydrogen-bond acceptors (Lipinski definition) is 2. The van der Waals surface area contributed by atoms with Gasteiger partial charge in [0.15, 0.2) is 0 Å². The zero-order chi connectivity index (χ0) is 13.9. The molecule has 0 saturated heterocycles. The summed E-state index contributed by atoms with van der Waals surface area (Å²) in [7, 11) is 0. The average Bonchev–Trinajstić information content (AvgIpc) is 3.08. The van der Waals surface area contributed by atoms with Crippen LogP contribution in [0.15, 0.2) is 30.3 Å². The fourth-order valence-corrected chi connectivity index (χ4v) is 3.95. The van der Waals surface area contributed by atoms with Crippen molar-refractivity contribution >= 4 is 18.3 Å². The quantitative estimate of drug-likeness (QED) is 0.878. The number of nitrogens with two attached hydrogens (primary N) is 1. The van der Waals surface area contributed by atoms with Crippen LogP contribution < -0.4 is 11.1 Å². The minimum absolute atomic E-state index is 0. The average molecular weight is 309 g/mol. The minimum Gasteiger partial charge on any atom is -0.354 e. The Kier molecular flexibility index (Phi) is 5.65. The van der Waals surface area contributed by atoms with Crippen molar-refractivity contribution in [2.75, 3.05) is 6.54 Å². The van der Waals surface area contributed by atoms with Crippen LogP contribution in [0.4, 0.5) is 0 Å². The third-order valence-electron chi connectivity index (χ3n) is 5.06. The first-order chi connectivity index (χ1) is 9.72. The van der Waals surface area contributed by atoms with Crippen molar-refractivity contribution in [3.05, 3.63) is 35.9 Å². The third-order valence-corrected chi connectivity index (χ3v) is 5.06. The fourth-order valence-electron chi connectivity index (χ4n) is 3.95. The van der Waals surface area contributed by atoms with E-state index in [9.17, 15) is 4.79 Å². The molecule has 116 valence electrons. The molecule has 3 N–H and O–H groups in total. The van der Waals surface area contributed by atoms with Gasteiger partial charge in [0.25, 0.3) is 0 Å². The van der Waals surface area contributed by atoms with Gasteiger partial charge in [-0.1, -0.05) is 36.8 Å². The number of halogens is 1. The van der Waals surface area contributed by atoms with Crippen LogP contribution in [0.2, 0.25) is 0 Å². The summed E-state index contributed by atoms with van der Waals surface area (Å²) in [6, 6.07) is 9.54. The Morgan fingerprint density at radius 1 is 1.24 bits per heavy atom. The Labute approximate surface area is 133 Å². The molecule has 3 unspecified atom stereocenters. The molecular formula is C17H25ClN2O. The minimum atomic E-state index is -0.434. The van der Waals surface area contributed by atoms with Gasteiger partial charge in [-0.15, -0.1) is 12.4 Å². The van der Waals surface area contributed by atoms with Gasteiger partial charge < -0.3 is 11.1 Å². The molecule has 2 aliphatic carbocycles. The van der Waals surface area contributed by atoms with Gasteiger partial charge in [0.2, 0.25) is 5.91 Å². The van der Waals surface area contributed by atoms with Crippen LogP contribution in [-0.2, 0) is 11.2 Å². The first-order valence-electron chi connectivity index (χ1n) is 7.79. The van der Waals surface area contributed by atoms with Crippen molar-refractivity contribution in [2.45, 2.75) is 38.1 Å². The Morgan fingerprint density at radius 2 is 2.00 bits per heavy atom. The molecule has 2 bridgehead atoms. The maximum Gasteiger partial charge on any atom is 0.237 e. The van der Waals surface area contributed by atoms with Gasteiger partial charge in [-0.25, -0.2) is 0 Å². The highest BCUT2D eigenvalue weighted by Gasteiger charge is 2.39. The van der Waals surface area contributed by atoms with Crippen molar-refractivity contribution in [1.82, 2.24) is 5.32 Å². The highest BCUT2D eigenvalue weighted by atomic mass is 35.5. The van der Waals surface area contributed by atoms with Gasteiger partial charge in [-0.2, -0.15) is 0 Å². The van der Waals surface area contributed by atoms with E-state index in [2.05, 4.69) is 5.32 Å². The number of fused-ring (bicyclic) bond motifs is 2. The number of rotatable bonds is 5. The summed E-state index contributed by atoms with van der Waals surface area (Å²) in [5.74, 6) is 2.48. The van der Waals surface area contributed by atoms with Crippen LogP contribution >= 0.6 is 12.4 Å². The van der Waals surface area contributed by atoms with E-state index in [1.807, 2.05) is 30.3 Å². The lowest BCUT2D eigenvalue weighted by atomic mass is 9.89. The first-order valence-corrected chi connectivity index (χ1v) is 7.79. The largest absolute Gasteiger partial charge is 0.354 e. The molecule has 1 aromatic rings. The number of carbonyl (C=O) groups excluding carboxylic acids is 1. The Balaban J connectivity index is 0.00000161. The van der Waals surface area contributed by atoms with Crippen LogP contribution in [0.25, 0.3) is 0 Å². The molecule has 0 aliphatic heterocycles. The SMILES string of the molecule is Cl.N[C@@H](Cc1ccccc1)C(=O)NCC1CC2CCC1C2. The molecule has 4 atom stereocenters. The molecule has 1 amide bonds. The molecule has 4 heteroatoms. The second kappa shape index (κ2) is 7.28. The number of nitrogens with one attached hydrogen (secondary N) is 1. The fraction of sp³-hybridized carbons (Fsp3) is 0.588. The van der Waals surface area contributed by atoms with Crippen molar-refractivity contribution < 1.29 is 4.79 Å². The summed E-state index contributed by atoms with van der Waals surface area (Å²) in [4.78, 5) is 12.1. The van der Waals surface area contributed by atoms with Gasteiger partial charge in [0, 0.05) is 6.54 Å². The lowest BCUT2D eigenvalue weighted by Gasteiger charge is -2.22. The Hall–Kier alpha value is -1.06. The molecule has 2 aliphatic rings. The van der Waals surface area contributed by atoms with Gasteiger partial charge in [-0.3, -0.25) is 4.79 Å². The van der Waals surface area contributed by atoms with E-state index in [4.69, 9.17) is 5.73 Å². The predicted molar refractivity (Wildman–Crippen MR) is 87.3 cm³/mol. The first kappa shape index (κ1) is 16.3. The number of carbonyl (C=O) groups is 1. The number of hydrogen-bond donors (Lipinski definition) is 2. The Bertz CT molecular complexity index is 465. The smallest absolute Gasteiger partial charge is 0.237 e. The molecule has 0 spiro atoms. The van der Waals surface area contributed by atoms with Gasteiger partial charge in [-0.05, 0) is 49.0 Å². The highest BCUT2D eigenvalue weighted by Crippen LogP contribution is 2.47. The summed E-state index contributed by atoms with van der Waals surface area (Å²) in [5, 5.41) is 3.07. The van der Waals surface area contributed by atoms with Crippen LogP contribution in [0.3, 0.4) is 0 Å². The van der Waals surface area contributed by atoms with Crippen molar-refractivity contribution in [2.24, 2.45) is 23.5 Å². The highest BCUT2D eigenvalue weighted by molar-refractivity contribution is 5.85. The summed E-state index contributed by atoms with van der Waals surface area (Å²) in [6.07, 6.45) is 6.07. The van der Waals surface area contributed by atoms with Crippen molar-refractivity contribution in [3.63, 3.8) is 0 Å². The predicted octanol–water partition coefficient (Wildman–Crippen LogP) is 2.53. The van der Waals surface area contributed by atoms with Crippen LogP contribution in [0, 0.1) is 17.8 Å². The van der Waals surface area contributed by atoms with Gasteiger partial charge >= 0.3 is 0 Å². The maximum atomic E-state index is 12.1. The molecular weight excluding hydrogens is 284 g/mol. The zero-order valence-electron chi connectivity index (χ0n) is 12.3. The number of benzene rings is 1. The summed E-state index contributed by atoms with van der Waals surface area (Å²) in [6.45, 7) is 0.822. The van der Waals surface area contributed by atoms with Crippen LogP contribution in [0.5, 0.6) is 0 Å². The molecule has 0 aromatic heterocycles. The summed E-state index contributed by atoms with van der Waals surface area (Å²) < 4.78 is 0. The molecule has 0 radical (unpaired) electrons. The van der Waals surface area contributed by atoms with Crippen LogP contribution in [-0.4, -0.2) is 18.5 Å². The second-order valence-corrected chi connectivity index (χ2v) is 6.48. The Morgan fingerprint density at radius 3 is 2.62 bits per heavy atom. The topological polar surface area (TPSA) is 55.1 Å². The normalized spacial score (nSPS) is 28.0. The lowest BCUT2D eigenvalue weighted by molar-refractivity contribution is -0.122. The van der Waals surface area contributed by atoms with E-state index >= 15 is 0 Å². The second-order valence-electron chi connectivity index (χ2n) is 6.48. The summed E-state index contributed by atoms with van der Waals surface area (Å²) in [5.41, 5.74) is 7.12. The molecule has 2 saturated carbocycles. The monoisotopic (exact) mass is 308 g/mol. The van der Waals surface area contributed by atoms with E-state index in [-0.39, 0.29) is 18.3 Å². The van der Waals surface area contributed by atoms with Gasteiger partial charge in [0.05, 0.1) is 6.04 Å². The standard InChI is InChI=1S/C17H24N2O.ClH/c18-16(10-12-4-2-1-3-5-12)17(20)19-11-15-9-13-6-7-14(15)8-13;/h1-5,13-16H,6-11,18H2,(H,19,20);1H/t13?,14?,15?,16-;/m0./s1. The van der Waals surface area contributed by atoms with E-state index < -0.39 is 6.04 Å². The molecule has 3 nitrogen and oxygen atoms in total. The maximum absolute atomic E-state index is 12.1. The molecule has 2 fully saturated rings. The molecule has 0 heterocycles. The molecule has 1 aromatic carbocycles. The third kappa shape index (κ3) is 3.98. The van der Waals surface area contributed by atoms with E-state index in [0.717, 1.165) is 23.9 Å². The van der Waals surface area contributed by atoms with Crippen molar-refractivity contribution in [1.29, 1.82) is 0 Å². The number of amides is 1. The lowest BCUT2D eigenvalue weighted by Crippen LogP contribution is -2.44. The van der Waals surface area contributed by atoms with E-state index in [1.165, 1.54) is 25.7 Å². The van der Waals surface area contributed by atoms with E-state index in [1.54, 1.807) is 0 Å².